The molecule has 0 spiro atoms. The van der Waals surface area contributed by atoms with Crippen molar-refractivity contribution in [1.82, 2.24) is 24.8 Å². The minimum atomic E-state index is -0.602. The Hall–Kier alpha value is -2.22. The van der Waals surface area contributed by atoms with Crippen molar-refractivity contribution < 1.29 is 5.21 Å². The molecule has 4 N–H and O–H groups in total. The van der Waals surface area contributed by atoms with E-state index in [1.807, 2.05) is 19.3 Å². The maximum absolute atomic E-state index is 9.50. The molecule has 7 nitrogen and oxygen atoms in total. The lowest BCUT2D eigenvalue weighted by Gasteiger charge is -2.16. The fourth-order valence-electron chi connectivity index (χ4n) is 2.20. The monoisotopic (exact) mass is 272 g/mol. The number of rotatable bonds is 3. The van der Waals surface area contributed by atoms with Crippen molar-refractivity contribution in [2.24, 2.45) is 12.8 Å². The second-order valence-corrected chi connectivity index (χ2v) is 4.79. The molecule has 0 aromatic carbocycles. The van der Waals surface area contributed by atoms with E-state index in [4.69, 9.17) is 5.73 Å². The molecule has 0 amide bonds. The molecule has 0 bridgehead atoms. The van der Waals surface area contributed by atoms with Gasteiger partial charge in [-0.2, -0.15) is 10.2 Å². The summed E-state index contributed by atoms with van der Waals surface area (Å²) in [4.78, 5) is 7.44. The summed E-state index contributed by atoms with van der Waals surface area (Å²) < 4.78 is 1.74. The highest BCUT2D eigenvalue weighted by Gasteiger charge is 2.16. The zero-order valence-corrected chi connectivity index (χ0v) is 11.3. The zero-order chi connectivity index (χ0) is 14.3. The van der Waals surface area contributed by atoms with E-state index in [1.165, 1.54) is 7.05 Å². The Kier molecular flexibility index (Phi) is 3.01. The van der Waals surface area contributed by atoms with Crippen LogP contribution in [0.25, 0.3) is 22.2 Å². The van der Waals surface area contributed by atoms with E-state index in [0.29, 0.717) is 0 Å². The molecule has 3 heterocycles. The van der Waals surface area contributed by atoms with E-state index in [1.54, 1.807) is 23.3 Å². The summed E-state index contributed by atoms with van der Waals surface area (Å²) in [6.45, 7) is 0. The van der Waals surface area contributed by atoms with Crippen LogP contribution in [0.3, 0.4) is 0 Å². The summed E-state index contributed by atoms with van der Waals surface area (Å²) in [6.07, 6.45) is 6.66. The molecule has 1 unspecified atom stereocenters. The summed E-state index contributed by atoms with van der Waals surface area (Å²) in [7, 11) is 3.38. The van der Waals surface area contributed by atoms with Crippen molar-refractivity contribution in [3.8, 4) is 11.1 Å². The van der Waals surface area contributed by atoms with Gasteiger partial charge >= 0.3 is 0 Å². The number of aryl methyl sites for hydroxylation is 1. The number of fused-ring (bicyclic) bond motifs is 1. The number of nitrogens with two attached hydrogens (primary N) is 1. The molecule has 0 fully saturated rings. The predicted molar refractivity (Wildman–Crippen MR) is 74.8 cm³/mol. The van der Waals surface area contributed by atoms with Gasteiger partial charge in [0.2, 0.25) is 0 Å². The van der Waals surface area contributed by atoms with Crippen LogP contribution >= 0.6 is 0 Å². The molecule has 7 heteroatoms. The van der Waals surface area contributed by atoms with E-state index in [0.717, 1.165) is 32.8 Å². The first kappa shape index (κ1) is 12.8. The molecular formula is C13H16N6O. The number of aromatic amines is 1. The Balaban J connectivity index is 2.12. The van der Waals surface area contributed by atoms with Gasteiger partial charge in [-0.25, -0.2) is 4.98 Å². The van der Waals surface area contributed by atoms with Crippen LogP contribution in [-0.4, -0.2) is 37.1 Å². The topological polar surface area (TPSA) is 96.0 Å². The molecule has 0 aliphatic carbocycles. The molecule has 0 saturated heterocycles. The average molecular weight is 272 g/mol. The van der Waals surface area contributed by atoms with Crippen molar-refractivity contribution in [2.75, 3.05) is 7.05 Å². The molecule has 3 aromatic heterocycles. The van der Waals surface area contributed by atoms with Crippen LogP contribution in [0.5, 0.6) is 0 Å². The maximum Gasteiger partial charge on any atom is 0.137 e. The number of nitrogens with one attached hydrogen (secondary N) is 1. The highest BCUT2D eigenvalue weighted by atomic mass is 16.5. The quantitative estimate of drug-likeness (QED) is 0.492. The van der Waals surface area contributed by atoms with Gasteiger partial charge in [-0.3, -0.25) is 4.68 Å². The third-order valence-electron chi connectivity index (χ3n) is 3.32. The van der Waals surface area contributed by atoms with Gasteiger partial charge in [0.1, 0.15) is 11.8 Å². The summed E-state index contributed by atoms with van der Waals surface area (Å²) in [5.74, 6) is 0. The SMILES string of the molecule is CN(O)C(N)c1c[nH]c2ncc(-c3cnn(C)c3)cc12. The van der Waals surface area contributed by atoms with Crippen molar-refractivity contribution in [2.45, 2.75) is 6.17 Å². The summed E-state index contributed by atoms with van der Waals surface area (Å²) in [5, 5.41) is 15.5. The second-order valence-electron chi connectivity index (χ2n) is 4.79. The molecule has 0 saturated carbocycles. The normalized spacial score (nSPS) is 13.2. The number of hydrogen-bond donors (Lipinski definition) is 3. The fraction of sp³-hybridized carbons (Fsp3) is 0.231. The first-order valence-corrected chi connectivity index (χ1v) is 6.19. The molecule has 0 aliphatic heterocycles. The highest BCUT2D eigenvalue weighted by molar-refractivity contribution is 5.84. The Bertz CT molecular complexity index is 744. The van der Waals surface area contributed by atoms with Crippen molar-refractivity contribution >= 4 is 11.0 Å². The smallest absolute Gasteiger partial charge is 0.137 e. The first-order valence-electron chi connectivity index (χ1n) is 6.19. The van der Waals surface area contributed by atoms with Crippen molar-refractivity contribution in [3.63, 3.8) is 0 Å². The molecule has 20 heavy (non-hydrogen) atoms. The number of H-pyrrole nitrogens is 1. The minimum absolute atomic E-state index is 0.602. The van der Waals surface area contributed by atoms with E-state index in [2.05, 4.69) is 15.1 Å². The number of pyridine rings is 1. The van der Waals surface area contributed by atoms with Crippen LogP contribution in [0.2, 0.25) is 0 Å². The van der Waals surface area contributed by atoms with Crippen molar-refractivity contribution in [3.05, 3.63) is 36.4 Å². The van der Waals surface area contributed by atoms with Crippen LogP contribution in [0.4, 0.5) is 0 Å². The van der Waals surface area contributed by atoms with Gasteiger partial charge < -0.3 is 15.9 Å². The van der Waals surface area contributed by atoms with Crippen LogP contribution in [0.1, 0.15) is 11.7 Å². The highest BCUT2D eigenvalue weighted by Crippen LogP contribution is 2.27. The van der Waals surface area contributed by atoms with E-state index < -0.39 is 6.17 Å². The van der Waals surface area contributed by atoms with Gasteiger partial charge in [0.25, 0.3) is 0 Å². The lowest BCUT2D eigenvalue weighted by Crippen LogP contribution is -2.27. The Labute approximate surface area is 115 Å². The predicted octanol–water partition coefficient (Wildman–Crippen LogP) is 1.24. The molecular weight excluding hydrogens is 256 g/mol. The molecule has 0 radical (unpaired) electrons. The third kappa shape index (κ3) is 2.07. The van der Waals surface area contributed by atoms with Gasteiger partial charge in [-0.1, -0.05) is 0 Å². The van der Waals surface area contributed by atoms with Crippen molar-refractivity contribution in [1.29, 1.82) is 0 Å². The van der Waals surface area contributed by atoms with Gasteiger partial charge in [0.05, 0.1) is 6.20 Å². The summed E-state index contributed by atoms with van der Waals surface area (Å²) in [6, 6.07) is 1.99. The average Bonchev–Trinajstić information content (AvgIpc) is 3.03. The van der Waals surface area contributed by atoms with Gasteiger partial charge in [-0.15, -0.1) is 0 Å². The summed E-state index contributed by atoms with van der Waals surface area (Å²) in [5.41, 5.74) is 9.43. The van der Waals surface area contributed by atoms with Gasteiger partial charge in [0.15, 0.2) is 0 Å². The molecule has 1 atom stereocenters. The number of aromatic nitrogens is 4. The van der Waals surface area contributed by atoms with E-state index >= 15 is 0 Å². The Morgan fingerprint density at radius 3 is 2.85 bits per heavy atom. The van der Waals surface area contributed by atoms with Gasteiger partial charge in [0, 0.05) is 54.8 Å². The number of hydroxylamine groups is 2. The lowest BCUT2D eigenvalue weighted by atomic mass is 10.1. The lowest BCUT2D eigenvalue weighted by molar-refractivity contribution is -0.102. The van der Waals surface area contributed by atoms with E-state index in [-0.39, 0.29) is 0 Å². The van der Waals surface area contributed by atoms with Crippen LogP contribution < -0.4 is 5.73 Å². The van der Waals surface area contributed by atoms with Gasteiger partial charge in [-0.05, 0) is 6.07 Å². The Morgan fingerprint density at radius 2 is 2.20 bits per heavy atom. The fourth-order valence-corrected chi connectivity index (χ4v) is 2.20. The number of nitrogens with zero attached hydrogens (tertiary/aromatic N) is 4. The van der Waals surface area contributed by atoms with Crippen LogP contribution in [0.15, 0.2) is 30.9 Å². The minimum Gasteiger partial charge on any atom is -0.346 e. The third-order valence-corrected chi connectivity index (χ3v) is 3.32. The van der Waals surface area contributed by atoms with Crippen LogP contribution in [0, 0.1) is 0 Å². The maximum atomic E-state index is 9.50. The molecule has 104 valence electrons. The Morgan fingerprint density at radius 1 is 1.40 bits per heavy atom. The molecule has 3 aromatic rings. The van der Waals surface area contributed by atoms with Crippen LogP contribution in [-0.2, 0) is 7.05 Å². The molecule has 3 rings (SSSR count). The second kappa shape index (κ2) is 4.71. The summed E-state index contributed by atoms with van der Waals surface area (Å²) >= 11 is 0. The number of hydrogen-bond acceptors (Lipinski definition) is 5. The molecule has 0 aliphatic rings. The standard InChI is InChI=1S/C13H16N6O/c1-18-7-9(5-17-18)8-3-10-11(12(14)19(2)20)6-16-13(10)15-4-8/h3-7,12,20H,14H2,1-2H3,(H,15,16). The zero-order valence-electron chi connectivity index (χ0n) is 11.3. The first-order chi connectivity index (χ1) is 9.56. The largest absolute Gasteiger partial charge is 0.346 e. The van der Waals surface area contributed by atoms with E-state index in [9.17, 15) is 5.21 Å².